The van der Waals surface area contributed by atoms with Crippen molar-refractivity contribution in [3.8, 4) is 0 Å². The smallest absolute Gasteiger partial charge is 0.129 e. The zero-order valence-electron chi connectivity index (χ0n) is 10.7. The molecule has 1 N–H and O–H groups in total. The van der Waals surface area contributed by atoms with Gasteiger partial charge < -0.3 is 5.11 Å². The molecule has 0 aliphatic rings. The molecule has 0 aliphatic heterocycles. The van der Waals surface area contributed by atoms with E-state index in [4.69, 9.17) is 0 Å². The minimum Gasteiger partial charge on any atom is -0.382 e. The highest BCUT2D eigenvalue weighted by Crippen LogP contribution is 2.27. The van der Waals surface area contributed by atoms with Crippen molar-refractivity contribution < 1.29 is 9.50 Å². The zero-order valence-corrected chi connectivity index (χ0v) is 10.7. The summed E-state index contributed by atoms with van der Waals surface area (Å²) in [5.74, 6) is -0.387. The first-order valence-electron chi connectivity index (χ1n) is 5.86. The van der Waals surface area contributed by atoms with E-state index in [-0.39, 0.29) is 5.82 Å². The van der Waals surface area contributed by atoms with E-state index in [9.17, 15) is 9.50 Å². The van der Waals surface area contributed by atoms with Gasteiger partial charge in [0.15, 0.2) is 0 Å². The lowest BCUT2D eigenvalue weighted by Gasteiger charge is -2.15. The normalized spacial score (nSPS) is 12.5. The number of rotatable bonds is 2. The number of aromatic nitrogens is 1. The lowest BCUT2D eigenvalue weighted by Crippen LogP contribution is -2.07. The van der Waals surface area contributed by atoms with Gasteiger partial charge in [0.1, 0.15) is 11.9 Å². The second-order valence-corrected chi connectivity index (χ2v) is 4.64. The molecule has 0 spiro atoms. The fourth-order valence-corrected chi connectivity index (χ4v) is 2.06. The summed E-state index contributed by atoms with van der Waals surface area (Å²) in [6.45, 7) is 5.54. The van der Waals surface area contributed by atoms with Gasteiger partial charge in [-0.15, -0.1) is 0 Å². The standard InChI is InChI=1S/C15H16FNO/c1-9-4-5-13(17-8-9)15(18)14-11(3)6-10(2)7-12(14)16/h4-8,15,18H,1-3H3. The molecule has 1 aromatic heterocycles. The van der Waals surface area contributed by atoms with Crippen LogP contribution in [0.4, 0.5) is 4.39 Å². The van der Waals surface area contributed by atoms with Crippen LogP contribution in [-0.2, 0) is 0 Å². The van der Waals surface area contributed by atoms with Crippen LogP contribution in [0.15, 0.2) is 30.5 Å². The number of pyridine rings is 1. The molecule has 1 heterocycles. The van der Waals surface area contributed by atoms with Crippen molar-refractivity contribution in [1.29, 1.82) is 0 Å². The van der Waals surface area contributed by atoms with Crippen LogP contribution >= 0.6 is 0 Å². The van der Waals surface area contributed by atoms with Crippen LogP contribution in [-0.4, -0.2) is 10.1 Å². The third-order valence-corrected chi connectivity index (χ3v) is 2.97. The van der Waals surface area contributed by atoms with E-state index in [2.05, 4.69) is 4.98 Å². The average Bonchev–Trinajstić information content (AvgIpc) is 2.28. The summed E-state index contributed by atoms with van der Waals surface area (Å²) in [5.41, 5.74) is 3.36. The lowest BCUT2D eigenvalue weighted by molar-refractivity contribution is 0.209. The number of aliphatic hydroxyl groups excluding tert-OH is 1. The fourth-order valence-electron chi connectivity index (χ4n) is 2.06. The maximum atomic E-state index is 13.9. The minimum atomic E-state index is -1.02. The Hall–Kier alpha value is -1.74. The van der Waals surface area contributed by atoms with Crippen LogP contribution in [0.1, 0.15) is 34.1 Å². The Bertz CT molecular complexity index is 540. The van der Waals surface area contributed by atoms with Gasteiger partial charge in [0, 0.05) is 11.8 Å². The number of benzene rings is 1. The van der Waals surface area contributed by atoms with Crippen molar-refractivity contribution in [1.82, 2.24) is 4.98 Å². The maximum Gasteiger partial charge on any atom is 0.129 e. The molecule has 18 heavy (non-hydrogen) atoms. The maximum absolute atomic E-state index is 13.9. The molecule has 0 fully saturated rings. The van der Waals surface area contributed by atoms with Crippen molar-refractivity contribution in [2.24, 2.45) is 0 Å². The van der Waals surface area contributed by atoms with Crippen molar-refractivity contribution in [2.45, 2.75) is 26.9 Å². The van der Waals surface area contributed by atoms with Crippen LogP contribution in [0.3, 0.4) is 0 Å². The van der Waals surface area contributed by atoms with Crippen LogP contribution in [0.25, 0.3) is 0 Å². The molecule has 2 rings (SSSR count). The minimum absolute atomic E-state index is 0.303. The molecule has 0 aliphatic carbocycles. The van der Waals surface area contributed by atoms with E-state index < -0.39 is 6.10 Å². The first-order valence-corrected chi connectivity index (χ1v) is 5.86. The molecular formula is C15H16FNO. The highest BCUT2D eigenvalue weighted by molar-refractivity contribution is 5.37. The summed E-state index contributed by atoms with van der Waals surface area (Å²) in [7, 11) is 0. The molecule has 1 aromatic carbocycles. The van der Waals surface area contributed by atoms with Gasteiger partial charge in [0.05, 0.1) is 5.69 Å². The number of hydrogen-bond donors (Lipinski definition) is 1. The Morgan fingerprint density at radius 2 is 1.83 bits per heavy atom. The largest absolute Gasteiger partial charge is 0.382 e. The van der Waals surface area contributed by atoms with Crippen LogP contribution in [0.5, 0.6) is 0 Å². The van der Waals surface area contributed by atoms with E-state index in [1.165, 1.54) is 6.07 Å². The molecule has 0 saturated heterocycles. The van der Waals surface area contributed by atoms with Crippen molar-refractivity contribution in [2.75, 3.05) is 0 Å². The van der Waals surface area contributed by atoms with Gasteiger partial charge in [-0.05, 0) is 49.6 Å². The molecule has 0 bridgehead atoms. The highest BCUT2D eigenvalue weighted by atomic mass is 19.1. The highest BCUT2D eigenvalue weighted by Gasteiger charge is 2.18. The molecule has 94 valence electrons. The van der Waals surface area contributed by atoms with Crippen molar-refractivity contribution in [3.63, 3.8) is 0 Å². The van der Waals surface area contributed by atoms with Gasteiger partial charge in [-0.1, -0.05) is 12.1 Å². The Morgan fingerprint density at radius 3 is 2.39 bits per heavy atom. The molecule has 0 amide bonds. The first kappa shape index (κ1) is 12.7. The van der Waals surface area contributed by atoms with Crippen molar-refractivity contribution in [3.05, 3.63) is 64.2 Å². The predicted molar refractivity (Wildman–Crippen MR) is 68.9 cm³/mol. The molecule has 1 atom stereocenters. The van der Waals surface area contributed by atoms with Crippen LogP contribution in [0, 0.1) is 26.6 Å². The summed E-state index contributed by atoms with van der Waals surface area (Å²) in [6, 6.07) is 6.86. The molecule has 3 heteroatoms. The van der Waals surface area contributed by atoms with Gasteiger partial charge >= 0.3 is 0 Å². The SMILES string of the molecule is Cc1ccc(C(O)c2c(C)cc(C)cc2F)nc1. The quantitative estimate of drug-likeness (QED) is 0.881. The zero-order chi connectivity index (χ0) is 13.3. The average molecular weight is 245 g/mol. The summed E-state index contributed by atoms with van der Waals surface area (Å²) in [4.78, 5) is 4.14. The Kier molecular flexibility index (Phi) is 3.43. The lowest BCUT2D eigenvalue weighted by atomic mass is 9.98. The molecule has 1 unspecified atom stereocenters. The van der Waals surface area contributed by atoms with E-state index >= 15 is 0 Å². The topological polar surface area (TPSA) is 33.1 Å². The number of aryl methyl sites for hydroxylation is 3. The van der Waals surface area contributed by atoms with E-state index in [0.29, 0.717) is 11.3 Å². The predicted octanol–water partition coefficient (Wildman–Crippen LogP) is 3.23. The Balaban J connectivity index is 2.46. The van der Waals surface area contributed by atoms with Gasteiger partial charge in [0.25, 0.3) is 0 Å². The molecule has 0 radical (unpaired) electrons. The third-order valence-electron chi connectivity index (χ3n) is 2.97. The fraction of sp³-hybridized carbons (Fsp3) is 0.267. The van der Waals surface area contributed by atoms with E-state index in [0.717, 1.165) is 16.7 Å². The molecule has 2 aromatic rings. The second kappa shape index (κ2) is 4.86. The van der Waals surface area contributed by atoms with Gasteiger partial charge in [-0.2, -0.15) is 0 Å². The summed E-state index contributed by atoms with van der Waals surface area (Å²) < 4.78 is 13.9. The van der Waals surface area contributed by atoms with E-state index in [1.807, 2.05) is 26.0 Å². The van der Waals surface area contributed by atoms with Gasteiger partial charge in [-0.25, -0.2) is 4.39 Å². The first-order chi connectivity index (χ1) is 8.49. The number of nitrogens with zero attached hydrogens (tertiary/aromatic N) is 1. The van der Waals surface area contributed by atoms with E-state index in [1.54, 1.807) is 19.2 Å². The summed E-state index contributed by atoms with van der Waals surface area (Å²) in [6.07, 6.45) is 0.645. The molecule has 0 saturated carbocycles. The van der Waals surface area contributed by atoms with Gasteiger partial charge in [-0.3, -0.25) is 4.98 Å². The molecular weight excluding hydrogens is 229 g/mol. The number of aliphatic hydroxyl groups is 1. The second-order valence-electron chi connectivity index (χ2n) is 4.64. The van der Waals surface area contributed by atoms with Crippen LogP contribution in [0.2, 0.25) is 0 Å². The molecule has 2 nitrogen and oxygen atoms in total. The monoisotopic (exact) mass is 245 g/mol. The summed E-state index contributed by atoms with van der Waals surface area (Å²) >= 11 is 0. The van der Waals surface area contributed by atoms with Crippen LogP contribution < -0.4 is 0 Å². The number of hydrogen-bond acceptors (Lipinski definition) is 2. The Labute approximate surface area is 106 Å². The Morgan fingerprint density at radius 1 is 1.11 bits per heavy atom. The van der Waals surface area contributed by atoms with Crippen molar-refractivity contribution >= 4 is 0 Å². The summed E-state index contributed by atoms with van der Waals surface area (Å²) in [5, 5.41) is 10.2. The number of halogens is 1. The third kappa shape index (κ3) is 2.41. The van der Waals surface area contributed by atoms with Gasteiger partial charge in [0.2, 0.25) is 0 Å².